The monoisotopic (exact) mass is 314 g/mol. The minimum Gasteiger partial charge on any atom is -0.496 e. The van der Waals surface area contributed by atoms with Crippen molar-refractivity contribution in [1.82, 2.24) is 0 Å². The van der Waals surface area contributed by atoms with Crippen LogP contribution in [0, 0.1) is 29.0 Å². The first-order valence-electron chi connectivity index (χ1n) is 7.79. The number of benzene rings is 1. The van der Waals surface area contributed by atoms with Crippen LogP contribution in [0.3, 0.4) is 0 Å². The van der Waals surface area contributed by atoms with Crippen LogP contribution in [-0.4, -0.2) is 18.7 Å². The van der Waals surface area contributed by atoms with Crippen molar-refractivity contribution in [2.75, 3.05) is 7.11 Å². The zero-order chi connectivity index (χ0) is 16.8. The lowest BCUT2D eigenvalue weighted by Crippen LogP contribution is -2.41. The van der Waals surface area contributed by atoms with Crippen molar-refractivity contribution in [1.29, 1.82) is 0 Å². The molecule has 0 saturated heterocycles. The van der Waals surface area contributed by atoms with Gasteiger partial charge >= 0.3 is 0 Å². The molecule has 0 N–H and O–H groups in total. The van der Waals surface area contributed by atoms with Gasteiger partial charge in [0, 0.05) is 22.5 Å². The van der Waals surface area contributed by atoms with E-state index in [1.807, 2.05) is 6.92 Å². The number of Topliss-reactive ketones (excluding diaryl/α,β-unsaturated/α-hetero) is 2. The molecule has 120 valence electrons. The molecule has 0 heterocycles. The summed E-state index contributed by atoms with van der Waals surface area (Å²) >= 11 is 0. The number of carbonyl (C=O) groups excluding carboxylic acids is 2. The molecule has 2 aliphatic carbocycles. The third-order valence-electron chi connectivity index (χ3n) is 5.15. The molecule has 1 aromatic rings. The maximum Gasteiger partial charge on any atom is 0.153 e. The van der Waals surface area contributed by atoms with E-state index < -0.39 is 17.2 Å². The first kappa shape index (κ1) is 15.7. The van der Waals surface area contributed by atoms with E-state index in [0.717, 1.165) is 0 Å². The minimum atomic E-state index is -1.06. The van der Waals surface area contributed by atoms with Crippen molar-refractivity contribution in [3.63, 3.8) is 0 Å². The summed E-state index contributed by atoms with van der Waals surface area (Å²) in [5.74, 6) is 3.54. The number of hydrogen-bond acceptors (Lipinski definition) is 3. The van der Waals surface area contributed by atoms with Crippen LogP contribution in [-0.2, 0) is 9.59 Å². The molecule has 2 bridgehead atoms. The fraction of sp³-hybridized carbons (Fsp3) is 0.474. The normalized spacial score (nSPS) is 29.2. The second-order valence-corrected chi connectivity index (χ2v) is 6.65. The van der Waals surface area contributed by atoms with Crippen molar-refractivity contribution in [3.8, 4) is 17.6 Å². The predicted octanol–water partition coefficient (Wildman–Crippen LogP) is 3.25. The van der Waals surface area contributed by atoms with E-state index in [2.05, 4.69) is 11.8 Å². The second kappa shape index (κ2) is 5.49. The molecule has 3 rings (SSSR count). The Morgan fingerprint density at radius 1 is 1.35 bits per heavy atom. The Hall–Kier alpha value is -2.15. The van der Waals surface area contributed by atoms with Gasteiger partial charge in [-0.15, -0.1) is 5.92 Å². The SMILES string of the molecule is CC#Cc1cc(F)c(C2C(=O)C3CCC(C)(C3)C2=O)c(OC)c1. The van der Waals surface area contributed by atoms with E-state index in [4.69, 9.17) is 4.74 Å². The van der Waals surface area contributed by atoms with Crippen LogP contribution < -0.4 is 4.74 Å². The highest BCUT2D eigenvalue weighted by atomic mass is 19.1. The van der Waals surface area contributed by atoms with Crippen molar-refractivity contribution >= 4 is 11.6 Å². The van der Waals surface area contributed by atoms with Crippen LogP contribution in [0.1, 0.15) is 50.2 Å². The Kier molecular flexibility index (Phi) is 3.75. The Labute approximate surface area is 135 Å². The highest BCUT2D eigenvalue weighted by molar-refractivity contribution is 6.13. The fourth-order valence-corrected chi connectivity index (χ4v) is 3.95. The number of rotatable bonds is 2. The van der Waals surface area contributed by atoms with Gasteiger partial charge in [0.1, 0.15) is 17.5 Å². The molecular formula is C19H19FO3. The van der Waals surface area contributed by atoms with Crippen LogP contribution in [0.15, 0.2) is 12.1 Å². The molecule has 23 heavy (non-hydrogen) atoms. The van der Waals surface area contributed by atoms with Crippen molar-refractivity contribution in [2.45, 2.75) is 39.0 Å². The van der Waals surface area contributed by atoms with Gasteiger partial charge in [-0.3, -0.25) is 9.59 Å². The largest absolute Gasteiger partial charge is 0.496 e. The smallest absolute Gasteiger partial charge is 0.153 e. The van der Waals surface area contributed by atoms with Gasteiger partial charge in [0.05, 0.1) is 7.11 Å². The average Bonchev–Trinajstić information content (AvgIpc) is 2.89. The number of ketones is 2. The average molecular weight is 314 g/mol. The van der Waals surface area contributed by atoms with Gasteiger partial charge < -0.3 is 4.74 Å². The number of ether oxygens (including phenoxy) is 1. The minimum absolute atomic E-state index is 0.0713. The molecule has 2 saturated carbocycles. The molecule has 0 spiro atoms. The standard InChI is InChI=1S/C19H19FO3/c1-4-5-11-8-13(20)15(14(9-11)23-3)16-17(21)12-6-7-19(2,10-12)18(16)22/h8-9,12,16H,6-7,10H2,1-3H3. The summed E-state index contributed by atoms with van der Waals surface area (Å²) in [6, 6.07) is 2.86. The maximum atomic E-state index is 14.7. The highest BCUT2D eigenvalue weighted by Crippen LogP contribution is 2.53. The number of hydrogen-bond donors (Lipinski definition) is 0. The molecule has 2 aliphatic rings. The quantitative estimate of drug-likeness (QED) is 0.622. The van der Waals surface area contributed by atoms with Gasteiger partial charge in [-0.1, -0.05) is 12.8 Å². The number of halogens is 1. The van der Waals surface area contributed by atoms with Gasteiger partial charge in [0.15, 0.2) is 11.6 Å². The third kappa shape index (κ3) is 2.35. The number of methoxy groups -OCH3 is 1. The molecule has 1 aromatic carbocycles. The Morgan fingerprint density at radius 2 is 2.09 bits per heavy atom. The molecule has 3 unspecified atom stereocenters. The molecule has 2 fully saturated rings. The lowest BCUT2D eigenvalue weighted by Gasteiger charge is -2.33. The van der Waals surface area contributed by atoms with Crippen LogP contribution in [0.2, 0.25) is 0 Å². The molecule has 0 amide bonds. The van der Waals surface area contributed by atoms with Crippen molar-refractivity contribution in [2.24, 2.45) is 11.3 Å². The summed E-state index contributed by atoms with van der Waals surface area (Å²) in [5.41, 5.74) is 0.0141. The Balaban J connectivity index is 2.15. The molecule has 3 atom stereocenters. The summed E-state index contributed by atoms with van der Waals surface area (Å²) in [6.45, 7) is 3.54. The second-order valence-electron chi connectivity index (χ2n) is 6.65. The summed E-state index contributed by atoms with van der Waals surface area (Å²) in [4.78, 5) is 25.6. The van der Waals surface area contributed by atoms with Gasteiger partial charge in [-0.25, -0.2) is 4.39 Å². The zero-order valence-corrected chi connectivity index (χ0v) is 13.5. The maximum absolute atomic E-state index is 14.7. The van der Waals surface area contributed by atoms with Crippen molar-refractivity contribution in [3.05, 3.63) is 29.1 Å². The van der Waals surface area contributed by atoms with Gasteiger partial charge in [0.25, 0.3) is 0 Å². The zero-order valence-electron chi connectivity index (χ0n) is 13.5. The fourth-order valence-electron chi connectivity index (χ4n) is 3.95. The molecular weight excluding hydrogens is 295 g/mol. The topological polar surface area (TPSA) is 43.4 Å². The van der Waals surface area contributed by atoms with Crippen molar-refractivity contribution < 1.29 is 18.7 Å². The Morgan fingerprint density at radius 3 is 2.74 bits per heavy atom. The van der Waals surface area contributed by atoms with E-state index in [9.17, 15) is 14.0 Å². The first-order chi connectivity index (χ1) is 10.9. The van der Waals surface area contributed by atoms with Crippen LogP contribution in [0.4, 0.5) is 4.39 Å². The van der Waals surface area contributed by atoms with Gasteiger partial charge in [0.2, 0.25) is 0 Å². The van der Waals surface area contributed by atoms with E-state index in [-0.39, 0.29) is 28.8 Å². The Bertz CT molecular complexity index is 756. The first-order valence-corrected chi connectivity index (χ1v) is 7.79. The highest BCUT2D eigenvalue weighted by Gasteiger charge is 2.55. The van der Waals surface area contributed by atoms with Crippen LogP contribution in [0.5, 0.6) is 5.75 Å². The summed E-state index contributed by atoms with van der Waals surface area (Å²) < 4.78 is 20.0. The summed E-state index contributed by atoms with van der Waals surface area (Å²) in [5, 5.41) is 0. The van der Waals surface area contributed by atoms with E-state index >= 15 is 0 Å². The molecule has 0 radical (unpaired) electrons. The van der Waals surface area contributed by atoms with Crippen LogP contribution >= 0.6 is 0 Å². The van der Waals surface area contributed by atoms with E-state index in [0.29, 0.717) is 24.8 Å². The predicted molar refractivity (Wildman–Crippen MR) is 83.7 cm³/mol. The lowest BCUT2D eigenvalue weighted by atomic mass is 9.68. The molecule has 4 heteroatoms. The third-order valence-corrected chi connectivity index (χ3v) is 5.15. The van der Waals surface area contributed by atoms with E-state index in [1.165, 1.54) is 13.2 Å². The van der Waals surface area contributed by atoms with Gasteiger partial charge in [-0.2, -0.15) is 0 Å². The molecule has 0 aliphatic heterocycles. The lowest BCUT2D eigenvalue weighted by molar-refractivity contribution is -0.140. The number of carbonyl (C=O) groups is 2. The van der Waals surface area contributed by atoms with Crippen LogP contribution in [0.25, 0.3) is 0 Å². The molecule has 0 aromatic heterocycles. The van der Waals surface area contributed by atoms with Gasteiger partial charge in [-0.05, 0) is 38.3 Å². The molecule has 3 nitrogen and oxygen atoms in total. The number of fused-ring (bicyclic) bond motifs is 2. The van der Waals surface area contributed by atoms with E-state index in [1.54, 1.807) is 13.0 Å². The summed E-state index contributed by atoms with van der Waals surface area (Å²) in [7, 11) is 1.41. The summed E-state index contributed by atoms with van der Waals surface area (Å²) in [6.07, 6.45) is 1.99.